The summed E-state index contributed by atoms with van der Waals surface area (Å²) in [5, 5.41) is 0.441. The molecule has 2 aliphatic rings. The standard InChI is InChI=1S/C15H20ClN3O.2ClH/c16-14-10-11(17)4-5-13(14)15(20)19-8-6-18(7-9-19)12-2-1-3-12;;/h4-5,10,12H,1-3,6-9,17H2;2*1H. The van der Waals surface area contributed by atoms with Gasteiger partial charge in [0.05, 0.1) is 10.6 Å². The largest absolute Gasteiger partial charge is 0.399 e. The lowest BCUT2D eigenvalue weighted by Crippen LogP contribution is -2.53. The van der Waals surface area contributed by atoms with E-state index >= 15 is 0 Å². The van der Waals surface area contributed by atoms with Crippen LogP contribution in [0.25, 0.3) is 0 Å². The molecule has 7 heteroatoms. The molecule has 0 bridgehead atoms. The van der Waals surface area contributed by atoms with Crippen molar-refractivity contribution < 1.29 is 4.79 Å². The van der Waals surface area contributed by atoms with Gasteiger partial charge in [-0.05, 0) is 31.0 Å². The first-order valence-corrected chi connectivity index (χ1v) is 7.61. The summed E-state index contributed by atoms with van der Waals surface area (Å²) in [4.78, 5) is 16.9. The summed E-state index contributed by atoms with van der Waals surface area (Å²) in [6, 6.07) is 5.84. The first-order valence-electron chi connectivity index (χ1n) is 7.23. The molecular weight excluding hydrogens is 345 g/mol. The van der Waals surface area contributed by atoms with Crippen molar-refractivity contribution in [1.29, 1.82) is 0 Å². The van der Waals surface area contributed by atoms with Crippen molar-refractivity contribution in [3.05, 3.63) is 28.8 Å². The smallest absolute Gasteiger partial charge is 0.255 e. The van der Waals surface area contributed by atoms with Crippen LogP contribution in [-0.2, 0) is 0 Å². The van der Waals surface area contributed by atoms with E-state index in [0.29, 0.717) is 16.3 Å². The normalized spacial score (nSPS) is 18.9. The molecule has 22 heavy (non-hydrogen) atoms. The second-order valence-corrected chi connectivity index (χ2v) is 6.06. The number of amides is 1. The lowest BCUT2D eigenvalue weighted by Gasteiger charge is -2.43. The van der Waals surface area contributed by atoms with Gasteiger partial charge in [0.15, 0.2) is 0 Å². The molecule has 1 saturated heterocycles. The predicted octanol–water partition coefficient (Wildman–Crippen LogP) is 3.08. The molecule has 2 fully saturated rings. The fourth-order valence-corrected chi connectivity index (χ4v) is 3.19. The summed E-state index contributed by atoms with van der Waals surface area (Å²) < 4.78 is 0. The molecule has 4 nitrogen and oxygen atoms in total. The van der Waals surface area contributed by atoms with Crippen LogP contribution in [0.15, 0.2) is 18.2 Å². The molecule has 0 atom stereocenters. The Kier molecular flexibility index (Phi) is 7.26. The van der Waals surface area contributed by atoms with E-state index in [0.717, 1.165) is 32.2 Å². The molecule has 1 aromatic rings. The number of carbonyl (C=O) groups is 1. The van der Waals surface area contributed by atoms with Gasteiger partial charge >= 0.3 is 0 Å². The number of nitrogens with two attached hydrogens (primary N) is 1. The van der Waals surface area contributed by atoms with E-state index in [9.17, 15) is 4.79 Å². The third kappa shape index (κ3) is 3.99. The zero-order valence-electron chi connectivity index (χ0n) is 12.3. The Morgan fingerprint density at radius 1 is 1.14 bits per heavy atom. The van der Waals surface area contributed by atoms with E-state index in [-0.39, 0.29) is 30.7 Å². The molecule has 1 aliphatic heterocycles. The molecular formula is C15H22Cl3N3O. The summed E-state index contributed by atoms with van der Waals surface area (Å²) in [6.07, 6.45) is 3.99. The van der Waals surface area contributed by atoms with Crippen LogP contribution in [0.2, 0.25) is 5.02 Å². The van der Waals surface area contributed by atoms with Crippen LogP contribution in [0.3, 0.4) is 0 Å². The van der Waals surface area contributed by atoms with Crippen molar-refractivity contribution >= 4 is 48.0 Å². The van der Waals surface area contributed by atoms with Crippen LogP contribution >= 0.6 is 36.4 Å². The van der Waals surface area contributed by atoms with Crippen LogP contribution in [-0.4, -0.2) is 47.9 Å². The van der Waals surface area contributed by atoms with Crippen LogP contribution in [0, 0.1) is 0 Å². The minimum atomic E-state index is 0. The maximum Gasteiger partial charge on any atom is 0.255 e. The highest BCUT2D eigenvalue weighted by molar-refractivity contribution is 6.34. The number of piperazine rings is 1. The third-order valence-electron chi connectivity index (χ3n) is 4.42. The predicted molar refractivity (Wildman–Crippen MR) is 95.5 cm³/mol. The van der Waals surface area contributed by atoms with Crippen molar-refractivity contribution in [3.8, 4) is 0 Å². The van der Waals surface area contributed by atoms with E-state index in [4.69, 9.17) is 17.3 Å². The van der Waals surface area contributed by atoms with Crippen molar-refractivity contribution in [2.24, 2.45) is 0 Å². The zero-order chi connectivity index (χ0) is 14.1. The van der Waals surface area contributed by atoms with Gasteiger partial charge in [0.1, 0.15) is 0 Å². The Morgan fingerprint density at radius 2 is 1.77 bits per heavy atom. The number of benzene rings is 1. The van der Waals surface area contributed by atoms with Gasteiger partial charge in [-0.2, -0.15) is 0 Å². The van der Waals surface area contributed by atoms with Crippen LogP contribution in [0.4, 0.5) is 5.69 Å². The number of anilines is 1. The topological polar surface area (TPSA) is 49.6 Å². The van der Waals surface area contributed by atoms with Gasteiger partial charge in [0.2, 0.25) is 0 Å². The Balaban J connectivity index is 0.00000121. The highest BCUT2D eigenvalue weighted by Gasteiger charge is 2.30. The average Bonchev–Trinajstić information content (AvgIpc) is 2.37. The summed E-state index contributed by atoms with van der Waals surface area (Å²) in [5.74, 6) is 0.0169. The van der Waals surface area contributed by atoms with Gasteiger partial charge < -0.3 is 10.6 Å². The number of rotatable bonds is 2. The number of nitrogen functional groups attached to an aromatic ring is 1. The van der Waals surface area contributed by atoms with E-state index in [1.54, 1.807) is 18.2 Å². The molecule has 1 amide bonds. The van der Waals surface area contributed by atoms with Crippen molar-refractivity contribution in [2.75, 3.05) is 31.9 Å². The minimum Gasteiger partial charge on any atom is -0.399 e. The van der Waals surface area contributed by atoms with Gasteiger partial charge in [-0.15, -0.1) is 24.8 Å². The van der Waals surface area contributed by atoms with Gasteiger partial charge in [-0.1, -0.05) is 18.0 Å². The Hall–Kier alpha value is -0.680. The van der Waals surface area contributed by atoms with E-state index in [1.807, 2.05) is 4.90 Å². The quantitative estimate of drug-likeness (QED) is 0.818. The first-order chi connectivity index (χ1) is 9.65. The molecule has 1 heterocycles. The Morgan fingerprint density at radius 3 is 2.27 bits per heavy atom. The van der Waals surface area contributed by atoms with Crippen molar-refractivity contribution in [1.82, 2.24) is 9.80 Å². The van der Waals surface area contributed by atoms with Gasteiger partial charge in [0.25, 0.3) is 5.91 Å². The molecule has 3 rings (SSSR count). The maximum absolute atomic E-state index is 12.5. The summed E-state index contributed by atoms with van der Waals surface area (Å²) in [5.41, 5.74) is 6.80. The monoisotopic (exact) mass is 365 g/mol. The summed E-state index contributed by atoms with van der Waals surface area (Å²) in [6.45, 7) is 3.53. The van der Waals surface area contributed by atoms with Crippen molar-refractivity contribution in [2.45, 2.75) is 25.3 Å². The first kappa shape index (κ1) is 19.4. The molecule has 0 unspecified atom stereocenters. The summed E-state index contributed by atoms with van der Waals surface area (Å²) >= 11 is 6.12. The van der Waals surface area contributed by atoms with Crippen LogP contribution in [0.5, 0.6) is 0 Å². The fraction of sp³-hybridized carbons (Fsp3) is 0.533. The molecule has 1 aliphatic carbocycles. The zero-order valence-corrected chi connectivity index (χ0v) is 14.7. The van der Waals surface area contributed by atoms with Gasteiger partial charge in [0, 0.05) is 37.9 Å². The van der Waals surface area contributed by atoms with Crippen molar-refractivity contribution in [3.63, 3.8) is 0 Å². The van der Waals surface area contributed by atoms with E-state index in [2.05, 4.69) is 4.90 Å². The lowest BCUT2D eigenvalue weighted by atomic mass is 9.91. The Bertz CT molecular complexity index is 515. The molecule has 1 saturated carbocycles. The van der Waals surface area contributed by atoms with Crippen LogP contribution < -0.4 is 5.73 Å². The molecule has 0 radical (unpaired) electrons. The third-order valence-corrected chi connectivity index (χ3v) is 4.73. The number of carbonyl (C=O) groups excluding carboxylic acids is 1. The minimum absolute atomic E-state index is 0. The summed E-state index contributed by atoms with van der Waals surface area (Å²) in [7, 11) is 0. The highest BCUT2D eigenvalue weighted by Crippen LogP contribution is 2.26. The van der Waals surface area contributed by atoms with Crippen LogP contribution in [0.1, 0.15) is 29.6 Å². The second kappa shape index (κ2) is 8.25. The molecule has 124 valence electrons. The number of hydrogen-bond acceptors (Lipinski definition) is 3. The lowest BCUT2D eigenvalue weighted by molar-refractivity contribution is 0.0455. The van der Waals surface area contributed by atoms with Gasteiger partial charge in [-0.3, -0.25) is 9.69 Å². The Labute approximate surface area is 148 Å². The molecule has 0 aromatic heterocycles. The highest BCUT2D eigenvalue weighted by atomic mass is 35.5. The number of nitrogens with zero attached hydrogens (tertiary/aromatic N) is 2. The number of hydrogen-bond donors (Lipinski definition) is 1. The molecule has 2 N–H and O–H groups in total. The van der Waals surface area contributed by atoms with E-state index < -0.39 is 0 Å². The SMILES string of the molecule is Cl.Cl.Nc1ccc(C(=O)N2CCN(C3CCC3)CC2)c(Cl)c1. The average molecular weight is 367 g/mol. The van der Waals surface area contributed by atoms with Gasteiger partial charge in [-0.25, -0.2) is 0 Å². The second-order valence-electron chi connectivity index (χ2n) is 5.65. The maximum atomic E-state index is 12.5. The van der Waals surface area contributed by atoms with E-state index in [1.165, 1.54) is 19.3 Å². The number of halogens is 3. The fourth-order valence-electron chi connectivity index (χ4n) is 2.92. The molecule has 1 aromatic carbocycles. The molecule has 0 spiro atoms.